The summed E-state index contributed by atoms with van der Waals surface area (Å²) in [6.07, 6.45) is -0.883. The molecule has 4 aromatic rings. The SMILES string of the molecule is CCCn1cc(C(=O)NCCN2CCN(C)CC2)c(=O)c2ccc(-c3cnc(NC(=O)NCC)cc3-c3nc(C(F)(F)F)cs3)cc21. The van der Waals surface area contributed by atoms with E-state index >= 15 is 0 Å². The number of likely N-dealkylation sites (N-methyl/N-ethyl adjacent to an activating group) is 1. The van der Waals surface area contributed by atoms with Crippen LogP contribution in [0.2, 0.25) is 0 Å². The van der Waals surface area contributed by atoms with Gasteiger partial charge in [-0.05, 0) is 44.2 Å². The number of carbonyl (C=O) groups is 2. The second-order valence-corrected chi connectivity index (χ2v) is 12.2. The van der Waals surface area contributed by atoms with Crippen molar-refractivity contribution in [2.45, 2.75) is 33.0 Å². The molecule has 47 heavy (non-hydrogen) atoms. The fraction of sp³-hybridized carbons (Fsp3) is 0.406. The van der Waals surface area contributed by atoms with Gasteiger partial charge >= 0.3 is 12.2 Å². The van der Waals surface area contributed by atoms with Crippen molar-refractivity contribution in [2.24, 2.45) is 0 Å². The molecule has 11 nitrogen and oxygen atoms in total. The van der Waals surface area contributed by atoms with E-state index in [4.69, 9.17) is 0 Å². The number of amides is 3. The highest BCUT2D eigenvalue weighted by molar-refractivity contribution is 7.13. The Morgan fingerprint density at radius 1 is 1.02 bits per heavy atom. The van der Waals surface area contributed by atoms with Crippen LogP contribution >= 0.6 is 11.3 Å². The minimum absolute atomic E-state index is 0.0442. The molecule has 0 spiro atoms. The van der Waals surface area contributed by atoms with Crippen molar-refractivity contribution in [1.82, 2.24) is 35.0 Å². The molecule has 5 rings (SSSR count). The Labute approximate surface area is 273 Å². The maximum absolute atomic E-state index is 13.6. The third kappa shape index (κ3) is 7.97. The Hall–Kier alpha value is -4.34. The number of thiazole rings is 1. The van der Waals surface area contributed by atoms with E-state index in [1.807, 2.05) is 11.5 Å². The number of pyridine rings is 2. The number of piperazine rings is 1. The summed E-state index contributed by atoms with van der Waals surface area (Å²) in [5.74, 6) is -0.309. The van der Waals surface area contributed by atoms with Gasteiger partial charge in [0.1, 0.15) is 16.4 Å². The van der Waals surface area contributed by atoms with Crippen molar-refractivity contribution in [3.05, 3.63) is 63.5 Å². The standard InChI is InChI=1S/C32H37F3N8O3S/c1-4-9-43-18-24(29(45)37-8-10-42-13-11-41(3)12-14-42)28(44)21-7-6-20(15-25(21)43)23-17-38-27(40-31(46)36-5-2)16-22(23)30-39-26(19-47-30)32(33,34)35/h6-7,15-19H,4-5,8-14H2,1-3H3,(H,37,45)(H2,36,38,40,46). The number of nitrogens with one attached hydrogen (secondary N) is 3. The first kappa shape index (κ1) is 34.0. The number of hydrogen-bond acceptors (Lipinski definition) is 8. The van der Waals surface area contributed by atoms with E-state index in [1.54, 1.807) is 31.3 Å². The third-order valence-corrected chi connectivity index (χ3v) is 8.79. The van der Waals surface area contributed by atoms with Gasteiger partial charge < -0.3 is 20.1 Å². The molecule has 1 saturated heterocycles. The van der Waals surface area contributed by atoms with Crippen LogP contribution in [0.25, 0.3) is 32.6 Å². The number of benzene rings is 1. The van der Waals surface area contributed by atoms with E-state index < -0.39 is 29.2 Å². The van der Waals surface area contributed by atoms with Crippen LogP contribution in [0.4, 0.5) is 23.8 Å². The van der Waals surface area contributed by atoms with E-state index in [-0.39, 0.29) is 16.4 Å². The first-order chi connectivity index (χ1) is 22.5. The number of carbonyl (C=O) groups excluding carboxylic acids is 2. The molecule has 0 unspecified atom stereocenters. The lowest BCUT2D eigenvalue weighted by atomic mass is 9.99. The van der Waals surface area contributed by atoms with Crippen LogP contribution < -0.4 is 21.4 Å². The molecule has 15 heteroatoms. The zero-order valence-corrected chi connectivity index (χ0v) is 27.2. The molecule has 1 aromatic carbocycles. The molecule has 0 atom stereocenters. The predicted molar refractivity (Wildman–Crippen MR) is 177 cm³/mol. The summed E-state index contributed by atoms with van der Waals surface area (Å²) >= 11 is 0.822. The maximum atomic E-state index is 13.6. The lowest BCUT2D eigenvalue weighted by Gasteiger charge is -2.32. The molecule has 1 aliphatic heterocycles. The van der Waals surface area contributed by atoms with Crippen LogP contribution in [0, 0.1) is 0 Å². The van der Waals surface area contributed by atoms with Gasteiger partial charge in [0, 0.05) is 86.6 Å². The van der Waals surface area contributed by atoms with Crippen LogP contribution in [0.15, 0.2) is 46.8 Å². The summed E-state index contributed by atoms with van der Waals surface area (Å²) in [5, 5.41) is 9.44. The highest BCUT2D eigenvalue weighted by Crippen LogP contribution is 2.39. The quantitative estimate of drug-likeness (QED) is 0.223. The van der Waals surface area contributed by atoms with Crippen molar-refractivity contribution in [3.63, 3.8) is 0 Å². The van der Waals surface area contributed by atoms with Gasteiger partial charge in [-0.15, -0.1) is 11.3 Å². The van der Waals surface area contributed by atoms with Crippen molar-refractivity contribution in [1.29, 1.82) is 0 Å². The number of halogens is 3. The van der Waals surface area contributed by atoms with Gasteiger partial charge in [-0.2, -0.15) is 13.2 Å². The Morgan fingerprint density at radius 2 is 1.79 bits per heavy atom. The highest BCUT2D eigenvalue weighted by atomic mass is 32.1. The van der Waals surface area contributed by atoms with Gasteiger partial charge in [0.25, 0.3) is 5.91 Å². The van der Waals surface area contributed by atoms with Crippen molar-refractivity contribution in [3.8, 4) is 21.7 Å². The second kappa shape index (κ2) is 14.6. The Morgan fingerprint density at radius 3 is 2.47 bits per heavy atom. The van der Waals surface area contributed by atoms with Gasteiger partial charge in [-0.25, -0.2) is 14.8 Å². The third-order valence-electron chi connectivity index (χ3n) is 7.92. The summed E-state index contributed by atoms with van der Waals surface area (Å²) in [6.45, 7) is 9.50. The molecule has 3 aromatic heterocycles. The molecule has 4 heterocycles. The number of nitrogens with zero attached hydrogens (tertiary/aromatic N) is 5. The molecule has 3 amide bonds. The molecule has 1 aliphatic rings. The lowest BCUT2D eigenvalue weighted by Crippen LogP contribution is -2.47. The minimum atomic E-state index is -4.63. The number of aryl methyl sites for hydroxylation is 1. The molecule has 0 saturated carbocycles. The monoisotopic (exact) mass is 670 g/mol. The van der Waals surface area contributed by atoms with Crippen LogP contribution in [0.1, 0.15) is 36.3 Å². The first-order valence-corrected chi connectivity index (χ1v) is 16.3. The van der Waals surface area contributed by atoms with Gasteiger partial charge in [-0.1, -0.05) is 13.0 Å². The number of rotatable bonds is 10. The second-order valence-electron chi connectivity index (χ2n) is 11.3. The number of alkyl halides is 3. The molecule has 3 N–H and O–H groups in total. The topological polar surface area (TPSA) is 124 Å². The van der Waals surface area contributed by atoms with Crippen LogP contribution in [0.5, 0.6) is 0 Å². The van der Waals surface area contributed by atoms with Gasteiger partial charge in [0.15, 0.2) is 5.69 Å². The van der Waals surface area contributed by atoms with Crippen LogP contribution in [-0.4, -0.2) is 89.1 Å². The minimum Gasteiger partial charge on any atom is -0.351 e. The average molecular weight is 671 g/mol. The fourth-order valence-electron chi connectivity index (χ4n) is 5.42. The van der Waals surface area contributed by atoms with Crippen molar-refractivity contribution < 1.29 is 22.8 Å². The predicted octanol–water partition coefficient (Wildman–Crippen LogP) is 4.73. The molecular weight excluding hydrogens is 633 g/mol. The number of hydrogen-bond donors (Lipinski definition) is 3. The number of aromatic nitrogens is 3. The smallest absolute Gasteiger partial charge is 0.351 e. The molecule has 0 bridgehead atoms. The molecule has 0 aliphatic carbocycles. The van der Waals surface area contributed by atoms with Crippen molar-refractivity contribution >= 4 is 40.0 Å². The van der Waals surface area contributed by atoms with Crippen LogP contribution in [0.3, 0.4) is 0 Å². The Bertz CT molecular complexity index is 1820. The highest BCUT2D eigenvalue weighted by Gasteiger charge is 2.34. The molecule has 250 valence electrons. The number of fused-ring (bicyclic) bond motifs is 1. The molecular formula is C32H37F3N8O3S. The normalized spacial score (nSPS) is 14.3. The zero-order chi connectivity index (χ0) is 33.7. The summed E-state index contributed by atoms with van der Waals surface area (Å²) in [4.78, 5) is 51.7. The summed E-state index contributed by atoms with van der Waals surface area (Å²) < 4.78 is 42.2. The maximum Gasteiger partial charge on any atom is 0.434 e. The number of anilines is 1. The van der Waals surface area contributed by atoms with Crippen molar-refractivity contribution in [2.75, 3.05) is 58.2 Å². The fourth-order valence-corrected chi connectivity index (χ4v) is 6.28. The van der Waals surface area contributed by atoms with E-state index in [0.717, 1.165) is 49.3 Å². The van der Waals surface area contributed by atoms with Gasteiger partial charge in [0.2, 0.25) is 5.43 Å². The van der Waals surface area contributed by atoms with E-state index in [9.17, 15) is 27.6 Å². The van der Waals surface area contributed by atoms with Gasteiger partial charge in [0.05, 0.1) is 5.52 Å². The Kier molecular flexibility index (Phi) is 10.6. The zero-order valence-electron chi connectivity index (χ0n) is 26.4. The summed E-state index contributed by atoms with van der Waals surface area (Å²) in [6, 6.07) is 6.01. The van der Waals surface area contributed by atoms with E-state index in [0.29, 0.717) is 53.8 Å². The average Bonchev–Trinajstić information content (AvgIpc) is 3.55. The summed E-state index contributed by atoms with van der Waals surface area (Å²) in [5.41, 5.74) is 0.525. The molecule has 1 fully saturated rings. The van der Waals surface area contributed by atoms with E-state index in [2.05, 4.69) is 42.8 Å². The molecule has 0 radical (unpaired) electrons. The van der Waals surface area contributed by atoms with E-state index in [1.165, 1.54) is 12.3 Å². The van der Waals surface area contributed by atoms with Crippen LogP contribution in [-0.2, 0) is 12.7 Å². The first-order valence-electron chi connectivity index (χ1n) is 15.4. The Balaban J connectivity index is 1.50. The lowest BCUT2D eigenvalue weighted by molar-refractivity contribution is -0.140. The largest absolute Gasteiger partial charge is 0.434 e. The number of urea groups is 1. The summed E-state index contributed by atoms with van der Waals surface area (Å²) in [7, 11) is 2.08. The van der Waals surface area contributed by atoms with Gasteiger partial charge in [-0.3, -0.25) is 19.8 Å².